The van der Waals surface area contributed by atoms with Crippen LogP contribution in [-0.4, -0.2) is 41.9 Å². The summed E-state index contributed by atoms with van der Waals surface area (Å²) in [7, 11) is 1.72. The molecular weight excluding hydrogens is 422 g/mol. The van der Waals surface area contributed by atoms with E-state index >= 15 is 0 Å². The molecule has 1 atom stereocenters. The number of rotatable bonds is 3. The number of aromatic nitrogens is 1. The van der Waals surface area contributed by atoms with E-state index in [-0.39, 0.29) is 11.1 Å². The van der Waals surface area contributed by atoms with Gasteiger partial charge in [-0.2, -0.15) is 0 Å². The van der Waals surface area contributed by atoms with Gasteiger partial charge in [-0.05, 0) is 54.8 Å². The van der Waals surface area contributed by atoms with E-state index in [4.69, 9.17) is 21.1 Å². The quantitative estimate of drug-likeness (QED) is 0.595. The van der Waals surface area contributed by atoms with Crippen LogP contribution in [0.5, 0.6) is 5.75 Å². The zero-order valence-electron chi connectivity index (χ0n) is 18.3. The number of anilines is 1. The average molecular weight is 450 g/mol. The maximum Gasteiger partial charge on any atom is 0.121 e. The Morgan fingerprint density at radius 3 is 2.69 bits per heavy atom. The zero-order valence-corrected chi connectivity index (χ0v) is 19.1. The van der Waals surface area contributed by atoms with Gasteiger partial charge in [0.05, 0.1) is 36.4 Å². The van der Waals surface area contributed by atoms with E-state index in [1.54, 1.807) is 7.11 Å². The molecule has 6 rings (SSSR count). The van der Waals surface area contributed by atoms with Gasteiger partial charge in [0.2, 0.25) is 0 Å². The lowest BCUT2D eigenvalue weighted by atomic mass is 9.79. The summed E-state index contributed by atoms with van der Waals surface area (Å²) >= 11 is 6.04. The molecule has 5 nitrogen and oxygen atoms in total. The Hall–Kier alpha value is -2.47. The van der Waals surface area contributed by atoms with Crippen LogP contribution in [0.15, 0.2) is 60.8 Å². The molecule has 2 spiro atoms. The van der Waals surface area contributed by atoms with Crippen molar-refractivity contribution in [3.8, 4) is 11.4 Å². The van der Waals surface area contributed by atoms with Crippen LogP contribution in [0.2, 0.25) is 5.02 Å². The predicted octanol–water partition coefficient (Wildman–Crippen LogP) is 5.22. The van der Waals surface area contributed by atoms with Crippen LogP contribution < -0.4 is 10.1 Å². The van der Waals surface area contributed by atoms with Crippen molar-refractivity contribution < 1.29 is 9.47 Å². The summed E-state index contributed by atoms with van der Waals surface area (Å²) in [6.45, 7) is 3.74. The summed E-state index contributed by atoms with van der Waals surface area (Å²) in [5.41, 5.74) is 4.59. The van der Waals surface area contributed by atoms with Gasteiger partial charge in [-0.25, -0.2) is 0 Å². The lowest BCUT2D eigenvalue weighted by Crippen LogP contribution is -2.46. The van der Waals surface area contributed by atoms with E-state index in [1.807, 2.05) is 18.2 Å². The van der Waals surface area contributed by atoms with E-state index in [0.29, 0.717) is 6.61 Å². The van der Waals surface area contributed by atoms with E-state index in [0.717, 1.165) is 61.0 Å². The first kappa shape index (κ1) is 20.2. The van der Waals surface area contributed by atoms with Gasteiger partial charge >= 0.3 is 0 Å². The highest BCUT2D eigenvalue weighted by atomic mass is 35.5. The number of halogens is 1. The maximum atomic E-state index is 6.64. The highest BCUT2D eigenvalue weighted by molar-refractivity contribution is 6.30. The molecule has 166 valence electrons. The van der Waals surface area contributed by atoms with Crippen molar-refractivity contribution in [2.75, 3.05) is 32.1 Å². The third-order valence-corrected chi connectivity index (χ3v) is 7.66. The van der Waals surface area contributed by atoms with Crippen molar-refractivity contribution in [1.82, 2.24) is 9.47 Å². The number of likely N-dealkylation sites (tertiary alicyclic amines) is 1. The van der Waals surface area contributed by atoms with Gasteiger partial charge in [-0.3, -0.25) is 4.90 Å². The minimum absolute atomic E-state index is 0.0744. The second kappa shape index (κ2) is 7.55. The van der Waals surface area contributed by atoms with Gasteiger partial charge < -0.3 is 19.4 Å². The molecule has 0 saturated carbocycles. The summed E-state index contributed by atoms with van der Waals surface area (Å²) in [5.74, 6) is 0.867. The molecule has 0 amide bonds. The summed E-state index contributed by atoms with van der Waals surface area (Å²) < 4.78 is 14.4. The van der Waals surface area contributed by atoms with Crippen molar-refractivity contribution in [1.29, 1.82) is 0 Å². The minimum Gasteiger partial charge on any atom is -0.497 e. The van der Waals surface area contributed by atoms with Crippen LogP contribution in [0, 0.1) is 0 Å². The standard InChI is InChI=1S/C26H28ClN3O2/c1-31-21-8-9-23-22(15-21)28-26(24-3-2-12-30(23)24)17-25(32-18-26)10-13-29(14-11-25)16-19-4-6-20(27)7-5-19/h2-9,12,15,28H,10-11,13-14,16-18H2,1H3. The number of benzene rings is 2. The van der Waals surface area contributed by atoms with Crippen LogP contribution in [0.1, 0.15) is 30.5 Å². The summed E-state index contributed by atoms with van der Waals surface area (Å²) in [5, 5.41) is 4.66. The molecule has 4 heterocycles. The van der Waals surface area contributed by atoms with Gasteiger partial charge in [-0.15, -0.1) is 0 Å². The smallest absolute Gasteiger partial charge is 0.121 e. The summed E-state index contributed by atoms with van der Waals surface area (Å²) in [6, 6.07) is 18.8. The third-order valence-electron chi connectivity index (χ3n) is 7.41. The lowest BCUT2D eigenvalue weighted by Gasteiger charge is -2.41. The summed E-state index contributed by atoms with van der Waals surface area (Å²) in [6.07, 6.45) is 5.24. The molecular formula is C26H28ClN3O2. The normalized spacial score (nSPS) is 23.7. The lowest BCUT2D eigenvalue weighted by molar-refractivity contribution is -0.0451. The van der Waals surface area contributed by atoms with Gasteiger partial charge in [0.1, 0.15) is 11.3 Å². The first-order valence-electron chi connectivity index (χ1n) is 11.3. The number of fused-ring (bicyclic) bond motifs is 4. The molecule has 2 saturated heterocycles. The van der Waals surface area contributed by atoms with Crippen molar-refractivity contribution in [2.45, 2.75) is 36.9 Å². The maximum absolute atomic E-state index is 6.64. The van der Waals surface area contributed by atoms with E-state index in [1.165, 1.54) is 11.3 Å². The number of ether oxygens (including phenoxy) is 2. The molecule has 1 N–H and O–H groups in total. The second-order valence-electron chi connectivity index (χ2n) is 9.40. The van der Waals surface area contributed by atoms with Crippen LogP contribution in [0.4, 0.5) is 5.69 Å². The average Bonchev–Trinajstić information content (AvgIpc) is 3.44. The fourth-order valence-electron chi connectivity index (χ4n) is 5.72. The van der Waals surface area contributed by atoms with Crippen LogP contribution >= 0.6 is 11.6 Å². The molecule has 0 aliphatic carbocycles. The van der Waals surface area contributed by atoms with Gasteiger partial charge in [0.15, 0.2) is 0 Å². The Morgan fingerprint density at radius 2 is 1.91 bits per heavy atom. The fraction of sp³-hybridized carbons (Fsp3) is 0.385. The Labute approximate surface area is 193 Å². The molecule has 2 aromatic carbocycles. The molecule has 1 aromatic heterocycles. The largest absolute Gasteiger partial charge is 0.497 e. The van der Waals surface area contributed by atoms with Crippen LogP contribution in [0.3, 0.4) is 0 Å². The van der Waals surface area contributed by atoms with Gasteiger partial charge in [0.25, 0.3) is 0 Å². The van der Waals surface area contributed by atoms with E-state index in [9.17, 15) is 0 Å². The zero-order chi connectivity index (χ0) is 21.8. The Bertz CT molecular complexity index is 1130. The minimum atomic E-state index is -0.207. The Balaban J connectivity index is 1.21. The molecule has 3 aliphatic rings. The molecule has 3 aromatic rings. The molecule has 0 radical (unpaired) electrons. The Morgan fingerprint density at radius 1 is 1.09 bits per heavy atom. The van der Waals surface area contributed by atoms with E-state index < -0.39 is 0 Å². The van der Waals surface area contributed by atoms with Crippen molar-refractivity contribution in [3.63, 3.8) is 0 Å². The molecule has 0 bridgehead atoms. The fourth-order valence-corrected chi connectivity index (χ4v) is 5.84. The first-order chi connectivity index (χ1) is 15.6. The predicted molar refractivity (Wildman–Crippen MR) is 127 cm³/mol. The molecule has 3 aliphatic heterocycles. The SMILES string of the molecule is COc1ccc2c(c1)NC1(COC3(CCN(Cc4ccc(Cl)cc4)CC3)C1)c1cccn1-2. The number of nitrogens with one attached hydrogen (secondary N) is 1. The monoisotopic (exact) mass is 449 g/mol. The molecule has 1 unspecified atom stereocenters. The molecule has 6 heteroatoms. The van der Waals surface area contributed by atoms with Crippen LogP contribution in [0.25, 0.3) is 5.69 Å². The second-order valence-corrected chi connectivity index (χ2v) is 9.84. The van der Waals surface area contributed by atoms with Crippen molar-refractivity contribution >= 4 is 17.3 Å². The third kappa shape index (κ3) is 3.31. The van der Waals surface area contributed by atoms with Gasteiger partial charge in [-0.1, -0.05) is 23.7 Å². The van der Waals surface area contributed by atoms with Crippen LogP contribution in [-0.2, 0) is 16.8 Å². The number of hydrogen-bond acceptors (Lipinski definition) is 4. The van der Waals surface area contributed by atoms with Crippen molar-refractivity contribution in [2.24, 2.45) is 0 Å². The highest BCUT2D eigenvalue weighted by Gasteiger charge is 2.53. The summed E-state index contributed by atoms with van der Waals surface area (Å²) in [4.78, 5) is 2.53. The Kier molecular flexibility index (Phi) is 4.75. The van der Waals surface area contributed by atoms with Gasteiger partial charge in [0, 0.05) is 43.3 Å². The number of hydrogen-bond donors (Lipinski definition) is 1. The number of nitrogens with zero attached hydrogens (tertiary/aromatic N) is 2. The van der Waals surface area contributed by atoms with Crippen molar-refractivity contribution in [3.05, 3.63) is 77.1 Å². The number of piperidine rings is 1. The topological polar surface area (TPSA) is 38.7 Å². The number of methoxy groups -OCH3 is 1. The van der Waals surface area contributed by atoms with E-state index in [2.05, 4.69) is 57.4 Å². The first-order valence-corrected chi connectivity index (χ1v) is 11.7. The molecule has 32 heavy (non-hydrogen) atoms. The highest BCUT2D eigenvalue weighted by Crippen LogP contribution is 2.50. The molecule has 2 fully saturated rings.